The van der Waals surface area contributed by atoms with Gasteiger partial charge in [-0.1, -0.05) is 18.2 Å². The first-order valence-corrected chi connectivity index (χ1v) is 6.64. The van der Waals surface area contributed by atoms with Gasteiger partial charge in [0.2, 0.25) is 6.10 Å². The Kier molecular flexibility index (Phi) is 2.77. The number of carboxylic acid groups (broad SMARTS) is 1. The number of aliphatic carboxylic acids is 1. The van der Waals surface area contributed by atoms with Crippen LogP contribution in [-0.2, 0) is 4.79 Å². The highest BCUT2D eigenvalue weighted by molar-refractivity contribution is 5.74. The summed E-state index contributed by atoms with van der Waals surface area (Å²) in [6.07, 6.45) is 4.68. The summed E-state index contributed by atoms with van der Waals surface area (Å²) >= 11 is 0. The van der Waals surface area contributed by atoms with Crippen molar-refractivity contribution in [3.63, 3.8) is 0 Å². The molecule has 2 bridgehead atoms. The molecule has 0 aliphatic heterocycles. The Hall–Kier alpha value is -1.51. The molecule has 3 rings (SSSR count). The van der Waals surface area contributed by atoms with Gasteiger partial charge in [0.1, 0.15) is 5.75 Å². The number of benzene rings is 1. The zero-order valence-corrected chi connectivity index (χ0v) is 10.3. The molecule has 1 atom stereocenters. The Morgan fingerprint density at radius 2 is 1.94 bits per heavy atom. The van der Waals surface area contributed by atoms with Crippen molar-refractivity contribution in [1.82, 2.24) is 0 Å². The molecule has 1 aromatic rings. The molecule has 0 amide bonds. The molecular weight excluding hydrogens is 228 g/mol. The van der Waals surface area contributed by atoms with Crippen LogP contribution in [0.25, 0.3) is 0 Å². The monoisotopic (exact) mass is 246 g/mol. The van der Waals surface area contributed by atoms with E-state index in [1.165, 1.54) is 12.8 Å². The highest BCUT2D eigenvalue weighted by Crippen LogP contribution is 2.56. The van der Waals surface area contributed by atoms with Crippen LogP contribution in [-0.4, -0.2) is 17.2 Å². The van der Waals surface area contributed by atoms with Crippen molar-refractivity contribution in [2.24, 2.45) is 11.3 Å². The normalized spacial score (nSPS) is 31.2. The fourth-order valence-corrected chi connectivity index (χ4v) is 3.68. The quantitative estimate of drug-likeness (QED) is 0.888. The number of ether oxygens (including phenoxy) is 1. The highest BCUT2D eigenvalue weighted by atomic mass is 16.5. The van der Waals surface area contributed by atoms with Gasteiger partial charge in [0.05, 0.1) is 0 Å². The van der Waals surface area contributed by atoms with Gasteiger partial charge in [0.15, 0.2) is 0 Å². The summed E-state index contributed by atoms with van der Waals surface area (Å²) in [4.78, 5) is 11.5. The number of hydrogen-bond acceptors (Lipinski definition) is 2. The van der Waals surface area contributed by atoms with E-state index in [9.17, 15) is 9.90 Å². The Balaban J connectivity index is 1.83. The maximum absolute atomic E-state index is 11.5. The lowest BCUT2D eigenvalue weighted by atomic mass is 9.79. The minimum Gasteiger partial charge on any atom is -0.478 e. The Morgan fingerprint density at radius 3 is 2.44 bits per heavy atom. The summed E-state index contributed by atoms with van der Waals surface area (Å²) in [5.74, 6) is 0.572. The second-order valence-electron chi connectivity index (χ2n) is 5.66. The minimum atomic E-state index is -0.818. The molecule has 1 aromatic carbocycles. The van der Waals surface area contributed by atoms with Crippen LogP contribution in [0.15, 0.2) is 30.3 Å². The third kappa shape index (κ3) is 1.88. The van der Waals surface area contributed by atoms with Crippen molar-refractivity contribution in [2.45, 2.75) is 38.2 Å². The van der Waals surface area contributed by atoms with Crippen LogP contribution in [0.4, 0.5) is 0 Å². The summed E-state index contributed by atoms with van der Waals surface area (Å²) < 4.78 is 5.78. The average Bonchev–Trinajstić information content (AvgIpc) is 2.98. The fraction of sp³-hybridized carbons (Fsp3) is 0.533. The molecular formula is C15H18O3. The third-order valence-electron chi connectivity index (χ3n) is 4.57. The van der Waals surface area contributed by atoms with Gasteiger partial charge in [-0.15, -0.1) is 0 Å². The maximum Gasteiger partial charge on any atom is 0.345 e. The first-order valence-electron chi connectivity index (χ1n) is 6.64. The molecule has 0 spiro atoms. The van der Waals surface area contributed by atoms with E-state index in [0.29, 0.717) is 5.75 Å². The molecule has 3 heteroatoms. The topological polar surface area (TPSA) is 46.5 Å². The van der Waals surface area contributed by atoms with Gasteiger partial charge in [0.25, 0.3) is 0 Å². The van der Waals surface area contributed by atoms with E-state index in [2.05, 4.69) is 0 Å². The number of carbonyl (C=O) groups is 1. The molecule has 2 fully saturated rings. The molecule has 0 radical (unpaired) electrons. The van der Waals surface area contributed by atoms with E-state index in [1.54, 1.807) is 0 Å². The Morgan fingerprint density at radius 1 is 1.28 bits per heavy atom. The van der Waals surface area contributed by atoms with E-state index in [1.807, 2.05) is 30.3 Å². The summed E-state index contributed by atoms with van der Waals surface area (Å²) in [7, 11) is 0. The number of rotatable bonds is 4. The maximum atomic E-state index is 11.5. The highest BCUT2D eigenvalue weighted by Gasteiger charge is 2.53. The fourth-order valence-electron chi connectivity index (χ4n) is 3.68. The van der Waals surface area contributed by atoms with Gasteiger partial charge < -0.3 is 9.84 Å². The van der Waals surface area contributed by atoms with Gasteiger partial charge >= 0.3 is 5.97 Å². The number of para-hydroxylation sites is 1. The van der Waals surface area contributed by atoms with Crippen LogP contribution in [0.5, 0.6) is 5.75 Å². The molecule has 96 valence electrons. The Bertz CT molecular complexity index is 432. The smallest absolute Gasteiger partial charge is 0.345 e. The van der Waals surface area contributed by atoms with Crippen molar-refractivity contribution in [1.29, 1.82) is 0 Å². The minimum absolute atomic E-state index is 0.119. The number of fused-ring (bicyclic) bond motifs is 2. The molecule has 2 saturated carbocycles. The molecule has 18 heavy (non-hydrogen) atoms. The van der Waals surface area contributed by atoms with E-state index < -0.39 is 12.1 Å². The zero-order chi connectivity index (χ0) is 12.6. The lowest BCUT2D eigenvalue weighted by Gasteiger charge is -2.33. The molecule has 0 heterocycles. The van der Waals surface area contributed by atoms with Crippen molar-refractivity contribution >= 4 is 5.97 Å². The van der Waals surface area contributed by atoms with Gasteiger partial charge in [-0.05, 0) is 50.2 Å². The van der Waals surface area contributed by atoms with E-state index in [-0.39, 0.29) is 5.41 Å². The second-order valence-corrected chi connectivity index (χ2v) is 5.66. The molecule has 3 nitrogen and oxygen atoms in total. The average molecular weight is 246 g/mol. The predicted octanol–water partition coefficient (Wildman–Crippen LogP) is 3.10. The standard InChI is InChI=1S/C15H18O3/c16-14(17)13(18-12-4-2-1-3-5-12)15-8-6-11(10-15)7-9-15/h1-5,11,13H,6-10H2,(H,16,17). The largest absolute Gasteiger partial charge is 0.478 e. The number of hydrogen-bond donors (Lipinski definition) is 1. The molecule has 0 saturated heterocycles. The van der Waals surface area contributed by atoms with E-state index in [0.717, 1.165) is 25.2 Å². The van der Waals surface area contributed by atoms with Crippen molar-refractivity contribution < 1.29 is 14.6 Å². The molecule has 0 aromatic heterocycles. The van der Waals surface area contributed by atoms with Crippen LogP contribution in [0.2, 0.25) is 0 Å². The van der Waals surface area contributed by atoms with Crippen LogP contribution >= 0.6 is 0 Å². The first kappa shape index (κ1) is 11.6. The van der Waals surface area contributed by atoms with Crippen molar-refractivity contribution in [2.75, 3.05) is 0 Å². The summed E-state index contributed by atoms with van der Waals surface area (Å²) in [6.45, 7) is 0. The first-order chi connectivity index (χ1) is 8.70. The molecule has 1 unspecified atom stereocenters. The summed E-state index contributed by atoms with van der Waals surface area (Å²) in [5, 5.41) is 9.48. The van der Waals surface area contributed by atoms with Crippen LogP contribution in [0, 0.1) is 11.3 Å². The van der Waals surface area contributed by atoms with E-state index >= 15 is 0 Å². The van der Waals surface area contributed by atoms with Crippen LogP contribution in [0.1, 0.15) is 32.1 Å². The summed E-state index contributed by atoms with van der Waals surface area (Å²) in [5.41, 5.74) is -0.119. The van der Waals surface area contributed by atoms with Gasteiger partial charge in [-0.25, -0.2) is 4.79 Å². The van der Waals surface area contributed by atoms with Crippen molar-refractivity contribution in [3.8, 4) is 5.75 Å². The number of carboxylic acids is 1. The predicted molar refractivity (Wildman–Crippen MR) is 67.5 cm³/mol. The SMILES string of the molecule is O=C(O)C(Oc1ccccc1)C12CCC(CC1)C2. The zero-order valence-electron chi connectivity index (χ0n) is 10.3. The lowest BCUT2D eigenvalue weighted by molar-refractivity contribution is -0.151. The van der Waals surface area contributed by atoms with Crippen LogP contribution < -0.4 is 4.74 Å². The Labute approximate surface area is 107 Å². The second kappa shape index (κ2) is 4.30. The molecule has 2 aliphatic carbocycles. The van der Waals surface area contributed by atoms with Gasteiger partial charge in [-0.2, -0.15) is 0 Å². The van der Waals surface area contributed by atoms with Crippen LogP contribution in [0.3, 0.4) is 0 Å². The van der Waals surface area contributed by atoms with Gasteiger partial charge in [-0.3, -0.25) is 0 Å². The van der Waals surface area contributed by atoms with E-state index in [4.69, 9.17) is 4.74 Å². The third-order valence-corrected chi connectivity index (χ3v) is 4.57. The van der Waals surface area contributed by atoms with Crippen molar-refractivity contribution in [3.05, 3.63) is 30.3 Å². The molecule has 2 aliphatic rings. The van der Waals surface area contributed by atoms with Gasteiger partial charge in [0, 0.05) is 5.41 Å². The summed E-state index contributed by atoms with van der Waals surface area (Å²) in [6, 6.07) is 9.31. The molecule has 1 N–H and O–H groups in total. The lowest BCUT2D eigenvalue weighted by Crippen LogP contribution is -2.42.